The summed E-state index contributed by atoms with van der Waals surface area (Å²) in [5.74, 6) is -0.949. The molecule has 3 N–H and O–H groups in total. The number of ether oxygens (including phenoxy) is 1. The molecule has 0 saturated heterocycles. The quantitative estimate of drug-likeness (QED) is 0.565. The highest BCUT2D eigenvalue weighted by atomic mass is 16.5. The molecule has 0 radical (unpaired) electrons. The van der Waals surface area contributed by atoms with Crippen LogP contribution in [-0.4, -0.2) is 29.8 Å². The van der Waals surface area contributed by atoms with Crippen molar-refractivity contribution in [2.75, 3.05) is 13.2 Å². The zero-order valence-electron chi connectivity index (χ0n) is 10.5. The maximum Gasteiger partial charge on any atom is 0.323 e. The Balaban J connectivity index is 3.30. The lowest BCUT2D eigenvalue weighted by Gasteiger charge is -2.18. The number of unbranched alkanes of at least 4 members (excludes halogenated alkanes) is 3. The smallest absolute Gasteiger partial charge is 0.323 e. The summed E-state index contributed by atoms with van der Waals surface area (Å²) in [5.41, 5.74) is 4.47. The standard InChI is InChI=1S/C12H25NO3/c1-3-4-5-6-9-16-10-7-8-12(2,13)11(14)15/h3-10,13H2,1-2H3,(H,14,15). The molecule has 0 spiro atoms. The first-order chi connectivity index (χ1) is 7.50. The van der Waals surface area contributed by atoms with Gasteiger partial charge in [0.1, 0.15) is 5.54 Å². The Morgan fingerprint density at radius 2 is 1.88 bits per heavy atom. The molecule has 0 aromatic carbocycles. The number of aliphatic carboxylic acids is 1. The molecule has 16 heavy (non-hydrogen) atoms. The van der Waals surface area contributed by atoms with E-state index in [1.807, 2.05) is 0 Å². The Labute approximate surface area is 98.2 Å². The van der Waals surface area contributed by atoms with E-state index in [0.717, 1.165) is 13.0 Å². The van der Waals surface area contributed by atoms with Crippen LogP contribution >= 0.6 is 0 Å². The molecule has 0 aliphatic carbocycles. The second kappa shape index (κ2) is 8.53. The molecule has 1 unspecified atom stereocenters. The van der Waals surface area contributed by atoms with Gasteiger partial charge in [-0.05, 0) is 26.2 Å². The van der Waals surface area contributed by atoms with Gasteiger partial charge in [0, 0.05) is 13.2 Å². The van der Waals surface area contributed by atoms with Crippen LogP contribution in [-0.2, 0) is 9.53 Å². The normalized spacial score (nSPS) is 14.7. The number of carboxylic acids is 1. The predicted octanol–water partition coefficient (Wildman–Crippen LogP) is 2.17. The molecule has 0 aromatic rings. The lowest BCUT2D eigenvalue weighted by atomic mass is 9.98. The number of carboxylic acid groups (broad SMARTS) is 1. The van der Waals surface area contributed by atoms with Gasteiger partial charge in [-0.15, -0.1) is 0 Å². The Morgan fingerprint density at radius 3 is 2.44 bits per heavy atom. The fourth-order valence-corrected chi connectivity index (χ4v) is 1.38. The minimum absolute atomic E-state index is 0.456. The Kier molecular flexibility index (Phi) is 8.21. The molecule has 0 saturated carbocycles. The van der Waals surface area contributed by atoms with Gasteiger partial charge >= 0.3 is 5.97 Å². The van der Waals surface area contributed by atoms with Gasteiger partial charge in [-0.2, -0.15) is 0 Å². The summed E-state index contributed by atoms with van der Waals surface area (Å²) in [7, 11) is 0. The third-order valence-electron chi connectivity index (χ3n) is 2.62. The van der Waals surface area contributed by atoms with Crippen molar-refractivity contribution in [1.29, 1.82) is 0 Å². The van der Waals surface area contributed by atoms with Crippen molar-refractivity contribution in [3.8, 4) is 0 Å². The van der Waals surface area contributed by atoms with Crippen LogP contribution in [0.3, 0.4) is 0 Å². The molecule has 0 bridgehead atoms. The van der Waals surface area contributed by atoms with Crippen LogP contribution in [0, 0.1) is 0 Å². The van der Waals surface area contributed by atoms with Crippen LogP contribution in [0.2, 0.25) is 0 Å². The maximum absolute atomic E-state index is 10.7. The van der Waals surface area contributed by atoms with Gasteiger partial charge in [0.25, 0.3) is 0 Å². The first-order valence-electron chi connectivity index (χ1n) is 6.10. The zero-order valence-corrected chi connectivity index (χ0v) is 10.5. The minimum Gasteiger partial charge on any atom is -0.480 e. The van der Waals surface area contributed by atoms with Crippen molar-refractivity contribution in [3.05, 3.63) is 0 Å². The van der Waals surface area contributed by atoms with E-state index in [4.69, 9.17) is 15.6 Å². The molecule has 4 heteroatoms. The Bertz CT molecular complexity index is 193. The van der Waals surface area contributed by atoms with Gasteiger partial charge in [0.2, 0.25) is 0 Å². The monoisotopic (exact) mass is 231 g/mol. The molecular weight excluding hydrogens is 206 g/mol. The largest absolute Gasteiger partial charge is 0.480 e. The Morgan fingerprint density at radius 1 is 1.25 bits per heavy atom. The zero-order chi connectivity index (χ0) is 12.4. The molecule has 0 amide bonds. The van der Waals surface area contributed by atoms with E-state index in [1.54, 1.807) is 0 Å². The van der Waals surface area contributed by atoms with E-state index in [1.165, 1.54) is 26.2 Å². The second-order valence-electron chi connectivity index (χ2n) is 4.50. The third kappa shape index (κ3) is 7.65. The van der Waals surface area contributed by atoms with Gasteiger partial charge in [0.05, 0.1) is 0 Å². The molecule has 0 heterocycles. The van der Waals surface area contributed by atoms with Crippen LogP contribution < -0.4 is 5.73 Å². The molecular formula is C12H25NO3. The van der Waals surface area contributed by atoms with E-state index in [9.17, 15) is 4.79 Å². The molecule has 0 aromatic heterocycles. The SMILES string of the molecule is CCCCCCOCCCC(C)(N)C(=O)O. The van der Waals surface area contributed by atoms with Crippen molar-refractivity contribution in [2.45, 2.75) is 57.9 Å². The molecule has 4 nitrogen and oxygen atoms in total. The highest BCUT2D eigenvalue weighted by Gasteiger charge is 2.26. The van der Waals surface area contributed by atoms with Gasteiger partial charge in [-0.1, -0.05) is 26.2 Å². The van der Waals surface area contributed by atoms with E-state index in [2.05, 4.69) is 6.92 Å². The summed E-state index contributed by atoms with van der Waals surface area (Å²) in [6, 6.07) is 0. The van der Waals surface area contributed by atoms with Gasteiger partial charge in [-0.25, -0.2) is 0 Å². The molecule has 0 aliphatic rings. The second-order valence-corrected chi connectivity index (χ2v) is 4.50. The van der Waals surface area contributed by atoms with E-state index < -0.39 is 11.5 Å². The lowest BCUT2D eigenvalue weighted by Crippen LogP contribution is -2.44. The van der Waals surface area contributed by atoms with Gasteiger partial charge in [0.15, 0.2) is 0 Å². The molecule has 0 rings (SSSR count). The van der Waals surface area contributed by atoms with Crippen molar-refractivity contribution < 1.29 is 14.6 Å². The fraction of sp³-hybridized carbons (Fsp3) is 0.917. The molecule has 0 fully saturated rings. The number of hydrogen-bond donors (Lipinski definition) is 2. The third-order valence-corrected chi connectivity index (χ3v) is 2.62. The maximum atomic E-state index is 10.7. The Hall–Kier alpha value is -0.610. The predicted molar refractivity (Wildman–Crippen MR) is 64.4 cm³/mol. The van der Waals surface area contributed by atoms with Crippen molar-refractivity contribution >= 4 is 5.97 Å². The van der Waals surface area contributed by atoms with Crippen LogP contribution in [0.25, 0.3) is 0 Å². The fourth-order valence-electron chi connectivity index (χ4n) is 1.38. The number of rotatable bonds is 10. The molecule has 96 valence electrons. The molecule has 1 atom stereocenters. The topological polar surface area (TPSA) is 72.5 Å². The van der Waals surface area contributed by atoms with Crippen molar-refractivity contribution in [1.82, 2.24) is 0 Å². The van der Waals surface area contributed by atoms with Crippen LogP contribution in [0.5, 0.6) is 0 Å². The van der Waals surface area contributed by atoms with Crippen molar-refractivity contribution in [3.63, 3.8) is 0 Å². The van der Waals surface area contributed by atoms with E-state index >= 15 is 0 Å². The summed E-state index contributed by atoms with van der Waals surface area (Å²) in [6.07, 6.45) is 5.94. The highest BCUT2D eigenvalue weighted by Crippen LogP contribution is 2.09. The van der Waals surface area contributed by atoms with Crippen LogP contribution in [0.1, 0.15) is 52.4 Å². The highest BCUT2D eigenvalue weighted by molar-refractivity contribution is 5.77. The van der Waals surface area contributed by atoms with E-state index in [0.29, 0.717) is 19.4 Å². The summed E-state index contributed by atoms with van der Waals surface area (Å²) < 4.78 is 5.41. The first-order valence-corrected chi connectivity index (χ1v) is 6.10. The van der Waals surface area contributed by atoms with Gasteiger partial charge in [-0.3, -0.25) is 4.79 Å². The van der Waals surface area contributed by atoms with Gasteiger partial charge < -0.3 is 15.6 Å². The lowest BCUT2D eigenvalue weighted by molar-refractivity contribution is -0.143. The average Bonchev–Trinajstić information content (AvgIpc) is 2.21. The number of carbonyl (C=O) groups is 1. The average molecular weight is 231 g/mol. The summed E-state index contributed by atoms with van der Waals surface area (Å²) in [6.45, 7) is 5.09. The van der Waals surface area contributed by atoms with E-state index in [-0.39, 0.29) is 0 Å². The number of hydrogen-bond acceptors (Lipinski definition) is 3. The summed E-state index contributed by atoms with van der Waals surface area (Å²) in [5, 5.41) is 8.78. The number of nitrogens with two attached hydrogens (primary N) is 1. The minimum atomic E-state index is -1.12. The van der Waals surface area contributed by atoms with Crippen molar-refractivity contribution in [2.24, 2.45) is 5.73 Å². The van der Waals surface area contributed by atoms with Crippen LogP contribution in [0.15, 0.2) is 0 Å². The summed E-state index contributed by atoms with van der Waals surface area (Å²) in [4.78, 5) is 10.7. The summed E-state index contributed by atoms with van der Waals surface area (Å²) >= 11 is 0. The van der Waals surface area contributed by atoms with Crippen LogP contribution in [0.4, 0.5) is 0 Å². The first kappa shape index (κ1) is 15.4. The molecule has 0 aliphatic heterocycles.